The van der Waals surface area contributed by atoms with Gasteiger partial charge in [0.2, 0.25) is 0 Å². The van der Waals surface area contributed by atoms with Crippen molar-refractivity contribution in [3.05, 3.63) is 29.6 Å². The van der Waals surface area contributed by atoms with E-state index in [4.69, 9.17) is 0 Å². The molecule has 1 aromatic carbocycles. The van der Waals surface area contributed by atoms with Crippen LogP contribution in [0.3, 0.4) is 0 Å². The van der Waals surface area contributed by atoms with E-state index in [1.165, 1.54) is 0 Å². The lowest BCUT2D eigenvalue weighted by atomic mass is 10.2. The summed E-state index contributed by atoms with van der Waals surface area (Å²) in [6, 6.07) is 0.666. The molecule has 148 valence electrons. The first-order valence-corrected chi connectivity index (χ1v) is 6.39. The molecule has 27 heavy (non-hydrogen) atoms. The fourth-order valence-corrected chi connectivity index (χ4v) is 1.57. The molecule has 0 aliphatic heterocycles. The first-order valence-electron chi connectivity index (χ1n) is 6.39. The van der Waals surface area contributed by atoms with Crippen LogP contribution in [0.1, 0.15) is 16.2 Å². The van der Waals surface area contributed by atoms with Gasteiger partial charge in [-0.3, -0.25) is 10.1 Å². The second kappa shape index (κ2) is 6.55. The van der Waals surface area contributed by atoms with Crippen LogP contribution >= 0.6 is 0 Å². The molecule has 0 unspecified atom stereocenters. The molecule has 0 saturated carbocycles. The van der Waals surface area contributed by atoms with E-state index in [1.807, 2.05) is 0 Å². The molecule has 2 aromatic rings. The van der Waals surface area contributed by atoms with Crippen LogP contribution in [0.2, 0.25) is 0 Å². The van der Waals surface area contributed by atoms with Crippen LogP contribution in [-0.4, -0.2) is 33.7 Å². The highest BCUT2D eigenvalue weighted by Gasteiger charge is 2.62. The van der Waals surface area contributed by atoms with Crippen molar-refractivity contribution in [2.75, 3.05) is 5.32 Å². The number of nitrogens with zero attached hydrogens (tertiary/aromatic N) is 2. The van der Waals surface area contributed by atoms with Crippen molar-refractivity contribution in [1.82, 2.24) is 10.1 Å². The summed E-state index contributed by atoms with van der Waals surface area (Å²) < 4.78 is 106. The van der Waals surface area contributed by atoms with Crippen molar-refractivity contribution in [3.63, 3.8) is 0 Å². The van der Waals surface area contributed by atoms with Crippen molar-refractivity contribution in [1.29, 1.82) is 0 Å². The van der Waals surface area contributed by atoms with E-state index >= 15 is 0 Å². The topological polar surface area (TPSA) is 97.5 Å². The number of alkyl halides is 8. The molecule has 0 saturated heterocycles. The molecule has 0 fully saturated rings. The van der Waals surface area contributed by atoms with Gasteiger partial charge < -0.3 is 14.4 Å². The summed E-state index contributed by atoms with van der Waals surface area (Å²) in [5.41, 5.74) is -0.524. The summed E-state index contributed by atoms with van der Waals surface area (Å²) in [7, 11) is 0. The van der Waals surface area contributed by atoms with Crippen LogP contribution < -0.4 is 10.1 Å². The Morgan fingerprint density at radius 3 is 2.26 bits per heavy atom. The lowest BCUT2D eigenvalue weighted by Crippen LogP contribution is -2.34. The zero-order chi connectivity index (χ0) is 20.6. The summed E-state index contributed by atoms with van der Waals surface area (Å²) in [6.07, 6.45) is -11.1. The summed E-state index contributed by atoms with van der Waals surface area (Å²) >= 11 is 0. The molecule has 2 rings (SSSR count). The lowest BCUT2D eigenvalue weighted by molar-refractivity contribution is -0.293. The number of carbonyl (C=O) groups is 1. The molecular weight excluding hydrogens is 402 g/mol. The van der Waals surface area contributed by atoms with Gasteiger partial charge >= 0.3 is 24.5 Å². The van der Waals surface area contributed by atoms with Gasteiger partial charge in [0.25, 0.3) is 11.7 Å². The number of rotatable bonds is 4. The Morgan fingerprint density at radius 2 is 1.74 bits per heavy atom. The highest BCUT2D eigenvalue weighted by Crippen LogP contribution is 2.42. The van der Waals surface area contributed by atoms with Crippen LogP contribution in [0.4, 0.5) is 41.1 Å². The van der Waals surface area contributed by atoms with Crippen LogP contribution in [0.5, 0.6) is 11.5 Å². The fourth-order valence-electron chi connectivity index (χ4n) is 1.57. The maximum atomic E-state index is 13.0. The monoisotopic (exact) mass is 407 g/mol. The predicted octanol–water partition coefficient (Wildman–Crippen LogP) is 3.58. The number of phenols is 1. The molecule has 0 aliphatic rings. The average molecular weight is 407 g/mol. The minimum absolute atomic E-state index is 0.512. The Kier molecular flexibility index (Phi) is 4.90. The number of aromatic nitrogens is 2. The zero-order valence-electron chi connectivity index (χ0n) is 12.3. The molecule has 0 atom stereocenters. The number of halogens is 8. The predicted molar refractivity (Wildman–Crippen MR) is 67.0 cm³/mol. The van der Waals surface area contributed by atoms with E-state index in [0.29, 0.717) is 12.1 Å². The average Bonchev–Trinajstić information content (AvgIpc) is 2.96. The van der Waals surface area contributed by atoms with Gasteiger partial charge in [0.15, 0.2) is 11.5 Å². The second-order valence-electron chi connectivity index (χ2n) is 4.68. The Hall–Kier alpha value is -3.13. The van der Waals surface area contributed by atoms with Crippen molar-refractivity contribution in [3.8, 4) is 11.5 Å². The fraction of sp³-hybridized carbons (Fsp3) is 0.250. The number of anilines is 1. The van der Waals surface area contributed by atoms with E-state index in [1.54, 1.807) is 5.32 Å². The molecule has 0 spiro atoms. The quantitative estimate of drug-likeness (QED) is 0.753. The lowest BCUT2D eigenvalue weighted by Gasteiger charge is -2.14. The largest absolute Gasteiger partial charge is 0.573 e. The standard InChI is InChI=1S/C12H5F8N3O4/c13-10(14,11(15,16)17)8-22-9(27-23-8)21-7(25)4-1-2-6(5(24)3-4)26-12(18,19)20/h1-3,24H,(H,21,22,23,25). The number of benzene rings is 1. The van der Waals surface area contributed by atoms with Gasteiger partial charge in [-0.1, -0.05) is 5.16 Å². The molecule has 1 aromatic heterocycles. The number of hydrogen-bond donors (Lipinski definition) is 2. The van der Waals surface area contributed by atoms with Crippen molar-refractivity contribution >= 4 is 11.9 Å². The van der Waals surface area contributed by atoms with Crippen molar-refractivity contribution in [2.45, 2.75) is 18.5 Å². The van der Waals surface area contributed by atoms with Gasteiger partial charge in [0, 0.05) is 5.56 Å². The minimum atomic E-state index is -6.02. The summed E-state index contributed by atoms with van der Waals surface area (Å²) in [4.78, 5) is 14.5. The van der Waals surface area contributed by atoms with Crippen molar-refractivity contribution in [2.24, 2.45) is 0 Å². The molecule has 1 amide bonds. The molecule has 0 aliphatic carbocycles. The Labute approximate surface area is 142 Å². The number of ether oxygens (including phenoxy) is 1. The number of carbonyl (C=O) groups excluding carboxylic acids is 1. The third-order valence-corrected chi connectivity index (χ3v) is 2.73. The van der Waals surface area contributed by atoms with Crippen molar-refractivity contribution < 1.29 is 54.3 Å². The first-order chi connectivity index (χ1) is 12.2. The van der Waals surface area contributed by atoms with Crippen LogP contribution in [0, 0.1) is 0 Å². The Bertz CT molecular complexity index is 846. The number of phenolic OH excluding ortho intramolecular Hbond substituents is 1. The van der Waals surface area contributed by atoms with E-state index in [-0.39, 0.29) is 0 Å². The molecular formula is C12H5F8N3O4. The molecule has 2 N–H and O–H groups in total. The SMILES string of the molecule is O=C(Nc1nc(C(F)(F)C(F)(F)F)no1)c1ccc(OC(F)(F)F)c(O)c1. The van der Waals surface area contributed by atoms with E-state index < -0.39 is 53.3 Å². The van der Waals surface area contributed by atoms with E-state index in [2.05, 4.69) is 19.4 Å². The van der Waals surface area contributed by atoms with Crippen LogP contribution in [-0.2, 0) is 5.92 Å². The van der Waals surface area contributed by atoms with Crippen LogP contribution in [0.15, 0.2) is 22.7 Å². The Morgan fingerprint density at radius 1 is 1.11 bits per heavy atom. The number of amides is 1. The highest BCUT2D eigenvalue weighted by molar-refractivity contribution is 6.03. The number of aromatic hydroxyl groups is 1. The molecule has 0 radical (unpaired) electrons. The van der Waals surface area contributed by atoms with Gasteiger partial charge in [0.1, 0.15) is 0 Å². The molecule has 0 bridgehead atoms. The van der Waals surface area contributed by atoms with Crippen LogP contribution in [0.25, 0.3) is 0 Å². The van der Waals surface area contributed by atoms with Gasteiger partial charge in [-0.25, -0.2) is 0 Å². The normalized spacial score (nSPS) is 12.7. The smallest absolute Gasteiger partial charge is 0.504 e. The molecule has 15 heteroatoms. The highest BCUT2D eigenvalue weighted by atomic mass is 19.4. The van der Waals surface area contributed by atoms with E-state index in [0.717, 1.165) is 6.07 Å². The number of hydrogen-bond acceptors (Lipinski definition) is 6. The van der Waals surface area contributed by atoms with Gasteiger partial charge in [0.05, 0.1) is 0 Å². The van der Waals surface area contributed by atoms with Gasteiger partial charge in [-0.05, 0) is 18.2 Å². The Balaban J connectivity index is 2.16. The summed E-state index contributed by atoms with van der Waals surface area (Å²) in [5, 5.41) is 13.4. The second-order valence-corrected chi connectivity index (χ2v) is 4.68. The summed E-state index contributed by atoms with van der Waals surface area (Å²) in [5.74, 6) is -10.9. The third kappa shape index (κ3) is 4.53. The minimum Gasteiger partial charge on any atom is -0.504 e. The van der Waals surface area contributed by atoms with Gasteiger partial charge in [-0.2, -0.15) is 26.9 Å². The third-order valence-electron chi connectivity index (χ3n) is 2.73. The van der Waals surface area contributed by atoms with E-state index in [9.17, 15) is 45.0 Å². The number of nitrogens with one attached hydrogen (secondary N) is 1. The summed E-state index contributed by atoms with van der Waals surface area (Å²) in [6.45, 7) is 0. The maximum absolute atomic E-state index is 13.0. The maximum Gasteiger partial charge on any atom is 0.573 e. The zero-order valence-corrected chi connectivity index (χ0v) is 12.3. The first kappa shape index (κ1) is 20.2. The molecule has 7 nitrogen and oxygen atoms in total. The molecule has 1 heterocycles. The van der Waals surface area contributed by atoms with Gasteiger partial charge in [-0.15, -0.1) is 13.2 Å².